The van der Waals surface area contributed by atoms with Gasteiger partial charge in [-0.15, -0.1) is 0 Å². The number of nitrogens with one attached hydrogen (secondary N) is 1. The number of aromatic nitrogens is 1. The fourth-order valence-electron chi connectivity index (χ4n) is 2.86. The van der Waals surface area contributed by atoms with Gasteiger partial charge in [-0.1, -0.05) is 25.1 Å². The summed E-state index contributed by atoms with van der Waals surface area (Å²) in [5.41, 5.74) is 2.70. The zero-order valence-electron chi connectivity index (χ0n) is 13.3. The Kier molecular flexibility index (Phi) is 4.06. The lowest BCUT2D eigenvalue weighted by molar-refractivity contribution is 0.0937. The van der Waals surface area contributed by atoms with Crippen molar-refractivity contribution in [2.45, 2.75) is 19.4 Å². The van der Waals surface area contributed by atoms with Crippen LogP contribution in [0.4, 0.5) is 0 Å². The summed E-state index contributed by atoms with van der Waals surface area (Å²) in [5, 5.41) is 13.4. The Morgan fingerprint density at radius 3 is 2.61 bits per heavy atom. The number of aryl methyl sites for hydroxylation is 1. The molecule has 0 aliphatic carbocycles. The molecule has 0 spiro atoms. The number of amides is 1. The molecule has 2 aromatic carbocycles. The Balaban J connectivity index is 1.88. The monoisotopic (exact) mass is 308 g/mol. The van der Waals surface area contributed by atoms with Gasteiger partial charge in [-0.3, -0.25) is 4.79 Å². The highest BCUT2D eigenvalue weighted by molar-refractivity contribution is 6.06. The molecule has 1 atom stereocenters. The first kappa shape index (κ1) is 15.2. The normalized spacial score (nSPS) is 12.3. The van der Waals surface area contributed by atoms with Crippen LogP contribution in [0.5, 0.6) is 5.75 Å². The first-order valence-electron chi connectivity index (χ1n) is 7.74. The van der Waals surface area contributed by atoms with E-state index in [2.05, 4.69) is 5.32 Å². The van der Waals surface area contributed by atoms with E-state index >= 15 is 0 Å². The number of hydrogen-bond acceptors (Lipinski definition) is 2. The Morgan fingerprint density at radius 1 is 1.17 bits per heavy atom. The van der Waals surface area contributed by atoms with E-state index in [1.165, 1.54) is 0 Å². The number of aromatic hydroxyl groups is 1. The van der Waals surface area contributed by atoms with E-state index in [4.69, 9.17) is 0 Å². The molecule has 0 aliphatic rings. The molecule has 0 saturated heterocycles. The second-order valence-corrected chi connectivity index (χ2v) is 5.69. The van der Waals surface area contributed by atoms with Crippen LogP contribution in [0.25, 0.3) is 10.9 Å². The van der Waals surface area contributed by atoms with Gasteiger partial charge in [0.05, 0.1) is 6.04 Å². The molecule has 0 saturated carbocycles. The van der Waals surface area contributed by atoms with Crippen LogP contribution in [0.2, 0.25) is 0 Å². The number of nitrogens with zero attached hydrogens (tertiary/aromatic N) is 1. The summed E-state index contributed by atoms with van der Waals surface area (Å²) in [6, 6.07) is 14.6. The Bertz CT molecular complexity index is 834. The zero-order chi connectivity index (χ0) is 16.4. The molecule has 0 radical (unpaired) electrons. The predicted molar refractivity (Wildman–Crippen MR) is 91.5 cm³/mol. The number of hydrogen-bond donors (Lipinski definition) is 2. The third kappa shape index (κ3) is 2.93. The molecule has 118 valence electrons. The second kappa shape index (κ2) is 6.16. The SMILES string of the molecule is CCC(NC(=O)c1cccc2c1ccn2C)c1ccc(O)cc1. The van der Waals surface area contributed by atoms with Gasteiger partial charge in [-0.25, -0.2) is 0 Å². The lowest BCUT2D eigenvalue weighted by atomic mass is 10.0. The van der Waals surface area contributed by atoms with E-state index in [1.54, 1.807) is 12.1 Å². The number of carbonyl (C=O) groups excluding carboxylic acids is 1. The maximum absolute atomic E-state index is 12.7. The first-order valence-corrected chi connectivity index (χ1v) is 7.74. The summed E-state index contributed by atoms with van der Waals surface area (Å²) >= 11 is 0. The Hall–Kier alpha value is -2.75. The molecule has 23 heavy (non-hydrogen) atoms. The van der Waals surface area contributed by atoms with Gasteiger partial charge in [0, 0.05) is 29.7 Å². The molecular formula is C19H20N2O2. The lowest BCUT2D eigenvalue weighted by Gasteiger charge is -2.18. The van der Waals surface area contributed by atoms with Gasteiger partial charge < -0.3 is 15.0 Å². The van der Waals surface area contributed by atoms with Crippen LogP contribution in [0, 0.1) is 0 Å². The van der Waals surface area contributed by atoms with Crippen molar-refractivity contribution in [3.63, 3.8) is 0 Å². The summed E-state index contributed by atoms with van der Waals surface area (Å²) in [7, 11) is 1.97. The molecule has 4 heteroatoms. The third-order valence-corrected chi connectivity index (χ3v) is 4.18. The van der Waals surface area contributed by atoms with Crippen molar-refractivity contribution in [2.75, 3.05) is 0 Å². The fourth-order valence-corrected chi connectivity index (χ4v) is 2.86. The van der Waals surface area contributed by atoms with Gasteiger partial charge in [0.25, 0.3) is 5.91 Å². The topological polar surface area (TPSA) is 54.3 Å². The summed E-state index contributed by atoms with van der Waals surface area (Å²) < 4.78 is 2.00. The van der Waals surface area contributed by atoms with Crippen molar-refractivity contribution in [3.8, 4) is 5.75 Å². The molecular weight excluding hydrogens is 288 g/mol. The highest BCUT2D eigenvalue weighted by Crippen LogP contribution is 2.23. The van der Waals surface area contributed by atoms with E-state index in [9.17, 15) is 9.90 Å². The largest absolute Gasteiger partial charge is 0.508 e. The maximum Gasteiger partial charge on any atom is 0.252 e. The number of phenolic OH excluding ortho intramolecular Hbond substituents is 1. The number of benzene rings is 2. The van der Waals surface area contributed by atoms with Gasteiger partial charge in [0.1, 0.15) is 5.75 Å². The van der Waals surface area contributed by atoms with Gasteiger partial charge in [0.15, 0.2) is 0 Å². The molecule has 4 nitrogen and oxygen atoms in total. The summed E-state index contributed by atoms with van der Waals surface area (Å²) in [5.74, 6) is 0.144. The van der Waals surface area contributed by atoms with Crippen molar-refractivity contribution in [2.24, 2.45) is 7.05 Å². The number of fused-ring (bicyclic) bond motifs is 1. The van der Waals surface area contributed by atoms with Crippen LogP contribution in [0.15, 0.2) is 54.7 Å². The average molecular weight is 308 g/mol. The molecule has 3 aromatic rings. The Morgan fingerprint density at radius 2 is 1.91 bits per heavy atom. The van der Waals surface area contributed by atoms with E-state index in [0.29, 0.717) is 5.56 Å². The first-order chi connectivity index (χ1) is 11.1. The molecule has 0 aliphatic heterocycles. The van der Waals surface area contributed by atoms with Gasteiger partial charge in [-0.2, -0.15) is 0 Å². The van der Waals surface area contributed by atoms with Crippen LogP contribution in [0.3, 0.4) is 0 Å². The predicted octanol–water partition coefficient (Wildman–Crippen LogP) is 3.77. The minimum Gasteiger partial charge on any atom is -0.508 e. The molecule has 0 fully saturated rings. The summed E-state index contributed by atoms with van der Waals surface area (Å²) in [6.45, 7) is 2.03. The number of phenols is 1. The highest BCUT2D eigenvalue weighted by Gasteiger charge is 2.16. The third-order valence-electron chi connectivity index (χ3n) is 4.18. The molecule has 0 bridgehead atoms. The summed E-state index contributed by atoms with van der Waals surface area (Å²) in [6.07, 6.45) is 2.74. The van der Waals surface area contributed by atoms with Gasteiger partial charge in [0.2, 0.25) is 0 Å². The van der Waals surface area contributed by atoms with Crippen molar-refractivity contribution in [1.29, 1.82) is 0 Å². The Labute approximate surface area is 135 Å². The van der Waals surface area contributed by atoms with E-state index < -0.39 is 0 Å². The molecule has 1 aromatic heterocycles. The summed E-state index contributed by atoms with van der Waals surface area (Å²) in [4.78, 5) is 12.7. The molecule has 3 rings (SSSR count). The lowest BCUT2D eigenvalue weighted by Crippen LogP contribution is -2.28. The van der Waals surface area contributed by atoms with Crippen LogP contribution >= 0.6 is 0 Å². The molecule has 2 N–H and O–H groups in total. The zero-order valence-corrected chi connectivity index (χ0v) is 13.3. The molecule has 1 unspecified atom stereocenters. The highest BCUT2D eigenvalue weighted by atomic mass is 16.3. The number of carbonyl (C=O) groups is 1. The quantitative estimate of drug-likeness (QED) is 0.771. The van der Waals surface area contributed by atoms with E-state index in [-0.39, 0.29) is 17.7 Å². The van der Waals surface area contributed by atoms with Crippen molar-refractivity contribution < 1.29 is 9.90 Å². The van der Waals surface area contributed by atoms with E-state index in [1.807, 2.05) is 61.1 Å². The van der Waals surface area contributed by atoms with E-state index in [0.717, 1.165) is 22.9 Å². The van der Waals surface area contributed by atoms with Crippen molar-refractivity contribution in [3.05, 3.63) is 65.9 Å². The molecule has 1 amide bonds. The van der Waals surface area contributed by atoms with Crippen molar-refractivity contribution >= 4 is 16.8 Å². The average Bonchev–Trinajstić information content (AvgIpc) is 2.95. The van der Waals surface area contributed by atoms with Gasteiger partial charge in [-0.05, 0) is 42.3 Å². The fraction of sp³-hybridized carbons (Fsp3) is 0.211. The minimum atomic E-state index is -0.0817. The van der Waals surface area contributed by atoms with Crippen LogP contribution < -0.4 is 5.32 Å². The van der Waals surface area contributed by atoms with Gasteiger partial charge >= 0.3 is 0 Å². The van der Waals surface area contributed by atoms with Crippen LogP contribution in [-0.4, -0.2) is 15.6 Å². The standard InChI is InChI=1S/C19H20N2O2/c1-3-17(13-7-9-14(22)10-8-13)20-19(23)16-5-4-6-18-15(16)11-12-21(18)2/h4-12,17,22H,3H2,1-2H3,(H,20,23). The second-order valence-electron chi connectivity index (χ2n) is 5.69. The smallest absolute Gasteiger partial charge is 0.252 e. The maximum atomic E-state index is 12.7. The van der Waals surface area contributed by atoms with Crippen molar-refractivity contribution in [1.82, 2.24) is 9.88 Å². The van der Waals surface area contributed by atoms with Crippen LogP contribution in [-0.2, 0) is 7.05 Å². The molecule has 1 heterocycles. The minimum absolute atomic E-state index is 0.0814. The van der Waals surface area contributed by atoms with Crippen LogP contribution in [0.1, 0.15) is 35.3 Å². The number of rotatable bonds is 4.